The molecule has 0 bridgehead atoms. The Balaban J connectivity index is 3.23. The minimum Gasteiger partial charge on any atom is -0.237 e. The van der Waals surface area contributed by atoms with Gasteiger partial charge in [0.15, 0.2) is 6.17 Å². The minimum absolute atomic E-state index is 0.00420. The zero-order valence-corrected chi connectivity index (χ0v) is 12.7. The van der Waals surface area contributed by atoms with Crippen LogP contribution >= 0.6 is 23.2 Å². The third-order valence-electron chi connectivity index (χ3n) is 3.00. The molecule has 0 radical (unpaired) electrons. The maximum absolute atomic E-state index is 13.2. The largest absolute Gasteiger partial charge is 0.419 e. The molecule has 0 N–H and O–H groups in total. The van der Waals surface area contributed by atoms with Crippen LogP contribution in [0.2, 0.25) is 10.0 Å². The molecule has 23 heavy (non-hydrogen) atoms. The lowest BCUT2D eigenvalue weighted by molar-refractivity contribution is -0.187. The van der Waals surface area contributed by atoms with Crippen LogP contribution in [0.5, 0.6) is 0 Å². The molecule has 0 amide bonds. The first-order valence-electron chi connectivity index (χ1n) is 6.08. The molecular formula is C14H9Cl2F7. The molecule has 0 aliphatic heterocycles. The predicted molar refractivity (Wildman–Crippen MR) is 73.4 cm³/mol. The highest BCUT2D eigenvalue weighted by Crippen LogP contribution is 2.40. The molecule has 2 atom stereocenters. The fraction of sp³-hybridized carbons (Fsp3) is 0.429. The summed E-state index contributed by atoms with van der Waals surface area (Å²) in [7, 11) is 0. The summed E-state index contributed by atoms with van der Waals surface area (Å²) in [5.41, 5.74) is -0.265. The number of hydrogen-bond acceptors (Lipinski definition) is 0. The van der Waals surface area contributed by atoms with Crippen LogP contribution in [0.1, 0.15) is 29.9 Å². The van der Waals surface area contributed by atoms with Crippen molar-refractivity contribution in [2.24, 2.45) is 0 Å². The Bertz CT molecular complexity index is 576. The van der Waals surface area contributed by atoms with Gasteiger partial charge in [-0.15, -0.1) is 6.42 Å². The number of alkyl halides is 7. The van der Waals surface area contributed by atoms with Gasteiger partial charge < -0.3 is 0 Å². The van der Waals surface area contributed by atoms with E-state index in [1.165, 1.54) is 0 Å². The van der Waals surface area contributed by atoms with Gasteiger partial charge in [-0.05, 0) is 30.0 Å². The van der Waals surface area contributed by atoms with Gasteiger partial charge in [0.2, 0.25) is 0 Å². The molecule has 1 aromatic rings. The van der Waals surface area contributed by atoms with Crippen LogP contribution in [-0.2, 0) is 0 Å². The van der Waals surface area contributed by atoms with Gasteiger partial charge in [-0.3, -0.25) is 0 Å². The van der Waals surface area contributed by atoms with Crippen LogP contribution < -0.4 is 0 Å². The van der Waals surface area contributed by atoms with E-state index in [2.05, 4.69) is 5.92 Å². The van der Waals surface area contributed by atoms with Gasteiger partial charge in [0, 0.05) is 0 Å². The normalized spacial score (nSPS) is 15.1. The molecule has 0 fully saturated rings. The lowest BCUT2D eigenvalue weighted by atomic mass is 9.89. The molecule has 9 heteroatoms. The first kappa shape index (κ1) is 19.9. The van der Waals surface area contributed by atoms with E-state index >= 15 is 0 Å². The Labute approximate surface area is 137 Å². The van der Waals surface area contributed by atoms with Gasteiger partial charge in [-0.25, -0.2) is 4.39 Å². The highest BCUT2D eigenvalue weighted by Gasteiger charge is 2.43. The zero-order chi connectivity index (χ0) is 18.0. The number of terminal acetylenes is 1. The van der Waals surface area contributed by atoms with Crippen molar-refractivity contribution >= 4 is 23.2 Å². The maximum Gasteiger partial charge on any atom is 0.419 e. The summed E-state index contributed by atoms with van der Waals surface area (Å²) < 4.78 is 87.8. The van der Waals surface area contributed by atoms with Crippen molar-refractivity contribution in [3.8, 4) is 12.3 Å². The van der Waals surface area contributed by atoms with Gasteiger partial charge in [0.05, 0.1) is 22.0 Å². The molecule has 0 heterocycles. The smallest absolute Gasteiger partial charge is 0.237 e. The standard InChI is InChI=1S/C14H9Cl2F7/c1-2-9-10(15)3-7(4-11(9)16)8(6-13(18,19)20)5-12(17)14(21,22)23/h1,3-4,8,12H,5-6H2. The molecule has 0 aromatic heterocycles. The number of hydrogen-bond donors (Lipinski definition) is 0. The van der Waals surface area contributed by atoms with E-state index in [0.29, 0.717) is 0 Å². The summed E-state index contributed by atoms with van der Waals surface area (Å²) in [6.45, 7) is 0. The fourth-order valence-corrected chi connectivity index (χ4v) is 2.58. The van der Waals surface area contributed by atoms with Crippen molar-refractivity contribution in [1.29, 1.82) is 0 Å². The van der Waals surface area contributed by atoms with Crippen molar-refractivity contribution in [1.82, 2.24) is 0 Å². The monoisotopic (exact) mass is 380 g/mol. The second-order valence-corrected chi connectivity index (χ2v) is 5.58. The third-order valence-corrected chi connectivity index (χ3v) is 3.60. The van der Waals surface area contributed by atoms with Crippen molar-refractivity contribution in [3.63, 3.8) is 0 Å². The van der Waals surface area contributed by atoms with Gasteiger partial charge >= 0.3 is 12.4 Å². The summed E-state index contributed by atoms with van der Waals surface area (Å²) in [6.07, 6.45) is -11.4. The second-order valence-electron chi connectivity index (χ2n) is 4.76. The van der Waals surface area contributed by atoms with E-state index in [-0.39, 0.29) is 21.2 Å². The number of benzene rings is 1. The lowest BCUT2D eigenvalue weighted by Crippen LogP contribution is -2.28. The topological polar surface area (TPSA) is 0 Å². The Hall–Kier alpha value is -1.13. The SMILES string of the molecule is C#Cc1c(Cl)cc(C(CC(F)C(F)(F)F)CC(F)(F)F)cc1Cl. The molecule has 0 nitrogen and oxygen atoms in total. The van der Waals surface area contributed by atoms with E-state index in [1.807, 2.05) is 0 Å². The molecule has 1 rings (SSSR count). The zero-order valence-electron chi connectivity index (χ0n) is 11.2. The molecular weight excluding hydrogens is 372 g/mol. The lowest BCUT2D eigenvalue weighted by Gasteiger charge is -2.23. The van der Waals surface area contributed by atoms with Crippen molar-refractivity contribution < 1.29 is 30.7 Å². The van der Waals surface area contributed by atoms with Crippen LogP contribution in [0.3, 0.4) is 0 Å². The van der Waals surface area contributed by atoms with Crippen LogP contribution in [0.4, 0.5) is 30.7 Å². The first-order valence-corrected chi connectivity index (χ1v) is 6.84. The van der Waals surface area contributed by atoms with E-state index in [9.17, 15) is 30.7 Å². The van der Waals surface area contributed by atoms with Gasteiger partial charge in [0.1, 0.15) is 0 Å². The number of halogens is 9. The van der Waals surface area contributed by atoms with E-state index in [1.54, 1.807) is 0 Å². The average Bonchev–Trinajstić information content (AvgIpc) is 2.34. The van der Waals surface area contributed by atoms with E-state index in [4.69, 9.17) is 29.6 Å². The average molecular weight is 381 g/mol. The summed E-state index contributed by atoms with van der Waals surface area (Å²) in [5, 5.41) is -0.380. The first-order chi connectivity index (χ1) is 10.3. The molecule has 0 saturated carbocycles. The van der Waals surface area contributed by atoms with Crippen molar-refractivity contribution in [2.45, 2.75) is 37.3 Å². The fourth-order valence-electron chi connectivity index (χ4n) is 1.97. The summed E-state index contributed by atoms with van der Waals surface area (Å²) in [5.74, 6) is 0.305. The molecule has 1 aromatic carbocycles. The highest BCUT2D eigenvalue weighted by atomic mass is 35.5. The summed E-state index contributed by atoms with van der Waals surface area (Å²) in [6, 6.07) is 1.95. The maximum atomic E-state index is 13.2. The summed E-state index contributed by atoms with van der Waals surface area (Å²) >= 11 is 11.5. The van der Waals surface area contributed by atoms with E-state index < -0.39 is 37.3 Å². The Morgan fingerprint density at radius 1 is 1.04 bits per heavy atom. The van der Waals surface area contributed by atoms with Gasteiger partial charge in [-0.2, -0.15) is 26.3 Å². The predicted octanol–water partition coefficient (Wildman–Crippen LogP) is 6.30. The van der Waals surface area contributed by atoms with Crippen molar-refractivity contribution in [2.75, 3.05) is 0 Å². The van der Waals surface area contributed by atoms with Crippen LogP contribution in [0.25, 0.3) is 0 Å². The van der Waals surface area contributed by atoms with Crippen molar-refractivity contribution in [3.05, 3.63) is 33.3 Å². The van der Waals surface area contributed by atoms with Crippen LogP contribution in [0, 0.1) is 12.3 Å². The molecule has 0 saturated heterocycles. The number of rotatable bonds is 4. The summed E-state index contributed by atoms with van der Waals surface area (Å²) in [4.78, 5) is 0. The van der Waals surface area contributed by atoms with E-state index in [0.717, 1.165) is 12.1 Å². The van der Waals surface area contributed by atoms with Crippen LogP contribution in [0.15, 0.2) is 12.1 Å². The molecule has 0 aliphatic rings. The quantitative estimate of drug-likeness (QED) is 0.424. The Morgan fingerprint density at radius 3 is 1.87 bits per heavy atom. The Kier molecular flexibility index (Phi) is 6.22. The molecule has 2 unspecified atom stereocenters. The highest BCUT2D eigenvalue weighted by molar-refractivity contribution is 6.36. The van der Waals surface area contributed by atoms with Gasteiger partial charge in [0.25, 0.3) is 0 Å². The Morgan fingerprint density at radius 2 is 1.52 bits per heavy atom. The molecule has 128 valence electrons. The molecule has 0 aliphatic carbocycles. The van der Waals surface area contributed by atoms with Gasteiger partial charge in [-0.1, -0.05) is 29.1 Å². The molecule has 0 spiro atoms. The third kappa shape index (κ3) is 5.78. The second kappa shape index (κ2) is 7.18. The minimum atomic E-state index is -5.25. The van der Waals surface area contributed by atoms with Crippen LogP contribution in [-0.4, -0.2) is 18.5 Å².